The van der Waals surface area contributed by atoms with Gasteiger partial charge < -0.3 is 10.2 Å². The maximum absolute atomic E-state index is 12.5. The van der Waals surface area contributed by atoms with E-state index in [1.54, 1.807) is 13.8 Å². The number of nitrogens with zero attached hydrogens (tertiary/aromatic N) is 1. The molecule has 1 saturated heterocycles. The summed E-state index contributed by atoms with van der Waals surface area (Å²) in [5, 5.41) is 2.28. The predicted molar refractivity (Wildman–Crippen MR) is 81.5 cm³/mol. The van der Waals surface area contributed by atoms with Gasteiger partial charge in [0.1, 0.15) is 6.04 Å². The summed E-state index contributed by atoms with van der Waals surface area (Å²) >= 11 is 0. The van der Waals surface area contributed by atoms with Gasteiger partial charge in [0.25, 0.3) is 0 Å². The Labute approximate surface area is 127 Å². The summed E-state index contributed by atoms with van der Waals surface area (Å²) in [6.07, 6.45) is 0.208. The Morgan fingerprint density at radius 1 is 1.29 bits per heavy atom. The third kappa shape index (κ3) is 4.69. The van der Waals surface area contributed by atoms with Gasteiger partial charge in [0.2, 0.25) is 11.8 Å². The average molecular weight is 318 g/mol. The Bertz CT molecular complexity index is 506. The molecule has 0 spiro atoms. The Morgan fingerprint density at radius 3 is 2.33 bits per heavy atom. The summed E-state index contributed by atoms with van der Waals surface area (Å²) in [7, 11) is -3.20. The quantitative estimate of drug-likeness (QED) is 0.821. The second-order valence-corrected chi connectivity index (χ2v) is 9.53. The van der Waals surface area contributed by atoms with Crippen LogP contribution in [-0.2, 0) is 19.4 Å². The van der Waals surface area contributed by atoms with Crippen LogP contribution < -0.4 is 5.32 Å². The molecule has 1 heterocycles. The summed E-state index contributed by atoms with van der Waals surface area (Å²) in [6.45, 7) is 9.30. The van der Waals surface area contributed by atoms with Crippen molar-refractivity contribution in [3.8, 4) is 0 Å². The molecular weight excluding hydrogens is 292 g/mol. The Kier molecular flexibility index (Phi) is 5.41. The first kappa shape index (κ1) is 17.9. The lowest BCUT2D eigenvalue weighted by molar-refractivity contribution is -0.136. The molecule has 21 heavy (non-hydrogen) atoms. The molecule has 7 heteroatoms. The number of sulfone groups is 1. The number of amides is 2. The molecule has 1 unspecified atom stereocenters. The highest BCUT2D eigenvalue weighted by Gasteiger charge is 2.38. The first-order chi connectivity index (χ1) is 9.45. The molecule has 1 aliphatic rings. The Morgan fingerprint density at radius 2 is 1.86 bits per heavy atom. The van der Waals surface area contributed by atoms with Crippen molar-refractivity contribution in [2.45, 2.75) is 52.3 Å². The number of hydrogen-bond acceptors (Lipinski definition) is 4. The number of carbonyl (C=O) groups excluding carboxylic acids is 2. The van der Waals surface area contributed by atoms with Gasteiger partial charge >= 0.3 is 0 Å². The minimum atomic E-state index is -3.20. The number of nitrogens with one attached hydrogen (secondary N) is 1. The van der Waals surface area contributed by atoms with E-state index in [0.29, 0.717) is 0 Å². The minimum absolute atomic E-state index is 0.0680. The molecule has 0 radical (unpaired) electrons. The molecule has 2 amide bonds. The van der Waals surface area contributed by atoms with Crippen molar-refractivity contribution in [2.24, 2.45) is 5.41 Å². The summed E-state index contributed by atoms with van der Waals surface area (Å²) in [5.41, 5.74) is -0.410. The van der Waals surface area contributed by atoms with E-state index in [1.165, 1.54) is 4.90 Å². The molecule has 122 valence electrons. The van der Waals surface area contributed by atoms with Crippen LogP contribution in [0.4, 0.5) is 0 Å². The average Bonchev–Trinajstić information content (AvgIpc) is 2.47. The lowest BCUT2D eigenvalue weighted by Crippen LogP contribution is -2.52. The molecule has 1 fully saturated rings. The maximum Gasteiger partial charge on any atom is 0.245 e. The van der Waals surface area contributed by atoms with Crippen molar-refractivity contribution in [1.82, 2.24) is 10.2 Å². The highest BCUT2D eigenvalue weighted by Crippen LogP contribution is 2.23. The zero-order chi connectivity index (χ0) is 16.4. The third-order valence-corrected chi connectivity index (χ3v) is 5.89. The summed E-state index contributed by atoms with van der Waals surface area (Å²) < 4.78 is 23.8. The van der Waals surface area contributed by atoms with Gasteiger partial charge in [0.15, 0.2) is 9.84 Å². The molecule has 0 aliphatic carbocycles. The van der Waals surface area contributed by atoms with E-state index >= 15 is 0 Å². The third-order valence-electron chi connectivity index (χ3n) is 3.70. The Hall–Kier alpha value is -1.11. The van der Waals surface area contributed by atoms with Gasteiger partial charge in [0, 0.05) is 19.5 Å². The normalized spacial score (nSPS) is 21.4. The lowest BCUT2D eigenvalue weighted by Gasteiger charge is -2.32. The van der Waals surface area contributed by atoms with E-state index in [0.717, 1.165) is 0 Å². The van der Waals surface area contributed by atoms with E-state index in [-0.39, 0.29) is 37.1 Å². The van der Waals surface area contributed by atoms with Crippen LogP contribution in [-0.4, -0.2) is 55.3 Å². The molecule has 1 N–H and O–H groups in total. The molecule has 0 aromatic heterocycles. The van der Waals surface area contributed by atoms with Gasteiger partial charge in [0.05, 0.1) is 11.0 Å². The van der Waals surface area contributed by atoms with Gasteiger partial charge in [-0.25, -0.2) is 8.42 Å². The van der Waals surface area contributed by atoms with Crippen LogP contribution >= 0.6 is 0 Å². The van der Waals surface area contributed by atoms with Crippen LogP contribution in [0.2, 0.25) is 0 Å². The van der Waals surface area contributed by atoms with Crippen molar-refractivity contribution in [2.75, 3.05) is 18.8 Å². The standard InChI is InChI=1S/C14H26N2O4S/c1-10(2)21(19,20)9-8-16-7-6-11(17)15-12(13(16)18)14(3,4)5/h10,12H,6-9H2,1-5H3,(H,15,17). The fourth-order valence-corrected chi connectivity index (χ4v) is 3.05. The van der Waals surface area contributed by atoms with E-state index in [2.05, 4.69) is 5.32 Å². The van der Waals surface area contributed by atoms with Crippen LogP contribution in [0.25, 0.3) is 0 Å². The van der Waals surface area contributed by atoms with E-state index in [4.69, 9.17) is 0 Å². The van der Waals surface area contributed by atoms with Gasteiger partial charge in [-0.05, 0) is 19.3 Å². The number of rotatable bonds is 4. The topological polar surface area (TPSA) is 83.6 Å². The fourth-order valence-electron chi connectivity index (χ4n) is 2.11. The van der Waals surface area contributed by atoms with Crippen molar-refractivity contribution in [1.29, 1.82) is 0 Å². The van der Waals surface area contributed by atoms with Crippen molar-refractivity contribution < 1.29 is 18.0 Å². The van der Waals surface area contributed by atoms with Crippen molar-refractivity contribution in [3.63, 3.8) is 0 Å². The fraction of sp³-hybridized carbons (Fsp3) is 0.857. The van der Waals surface area contributed by atoms with E-state index in [9.17, 15) is 18.0 Å². The van der Waals surface area contributed by atoms with E-state index < -0.39 is 26.5 Å². The van der Waals surface area contributed by atoms with Crippen molar-refractivity contribution >= 4 is 21.7 Å². The van der Waals surface area contributed by atoms with Gasteiger partial charge in [-0.2, -0.15) is 0 Å². The highest BCUT2D eigenvalue weighted by molar-refractivity contribution is 7.92. The minimum Gasteiger partial charge on any atom is -0.344 e. The van der Waals surface area contributed by atoms with Crippen LogP contribution in [0.1, 0.15) is 41.0 Å². The number of hydrogen-bond donors (Lipinski definition) is 1. The lowest BCUT2D eigenvalue weighted by atomic mass is 9.86. The maximum atomic E-state index is 12.5. The first-order valence-corrected chi connectivity index (χ1v) is 8.96. The SMILES string of the molecule is CC(C)S(=O)(=O)CCN1CCC(=O)NC(C(C)(C)C)C1=O. The first-order valence-electron chi connectivity index (χ1n) is 7.25. The molecule has 0 aromatic carbocycles. The smallest absolute Gasteiger partial charge is 0.245 e. The summed E-state index contributed by atoms with van der Waals surface area (Å²) in [5.74, 6) is -0.439. The van der Waals surface area contributed by atoms with Gasteiger partial charge in [-0.15, -0.1) is 0 Å². The molecule has 6 nitrogen and oxygen atoms in total. The molecule has 0 saturated carbocycles. The second-order valence-electron chi connectivity index (χ2n) is 6.86. The van der Waals surface area contributed by atoms with Crippen LogP contribution in [0.5, 0.6) is 0 Å². The molecule has 0 aromatic rings. The Balaban J connectivity index is 2.87. The van der Waals surface area contributed by atoms with Crippen LogP contribution in [0.3, 0.4) is 0 Å². The van der Waals surface area contributed by atoms with Crippen molar-refractivity contribution in [3.05, 3.63) is 0 Å². The zero-order valence-electron chi connectivity index (χ0n) is 13.5. The summed E-state index contributed by atoms with van der Waals surface area (Å²) in [6, 6.07) is -0.616. The van der Waals surface area contributed by atoms with Gasteiger partial charge in [-0.1, -0.05) is 20.8 Å². The molecule has 0 bridgehead atoms. The zero-order valence-corrected chi connectivity index (χ0v) is 14.3. The van der Waals surface area contributed by atoms with E-state index in [1.807, 2.05) is 20.8 Å². The van der Waals surface area contributed by atoms with Crippen LogP contribution in [0, 0.1) is 5.41 Å². The molecule has 1 atom stereocenters. The molecule has 1 rings (SSSR count). The number of carbonyl (C=O) groups is 2. The van der Waals surface area contributed by atoms with Gasteiger partial charge in [-0.3, -0.25) is 9.59 Å². The molecule has 1 aliphatic heterocycles. The monoisotopic (exact) mass is 318 g/mol. The highest BCUT2D eigenvalue weighted by atomic mass is 32.2. The predicted octanol–water partition coefficient (Wildman–Crippen LogP) is 0.573. The summed E-state index contributed by atoms with van der Waals surface area (Å²) in [4.78, 5) is 25.8. The largest absolute Gasteiger partial charge is 0.344 e. The second kappa shape index (κ2) is 6.34. The molecular formula is C14H26N2O4S. The van der Waals surface area contributed by atoms with Crippen LogP contribution in [0.15, 0.2) is 0 Å².